The van der Waals surface area contributed by atoms with Crippen LogP contribution in [0.5, 0.6) is 0 Å². The molecule has 1 aliphatic rings. The number of nitrogens with two attached hydrogens (primary N) is 1. The van der Waals surface area contributed by atoms with Crippen molar-refractivity contribution in [2.24, 2.45) is 11.8 Å². The molecule has 0 spiro atoms. The van der Waals surface area contributed by atoms with Crippen molar-refractivity contribution in [2.45, 2.75) is 45.8 Å². The minimum atomic E-state index is 0.391. The molecule has 0 saturated heterocycles. The van der Waals surface area contributed by atoms with Crippen LogP contribution in [0.3, 0.4) is 0 Å². The van der Waals surface area contributed by atoms with Crippen LogP contribution in [0.25, 0.3) is 0 Å². The van der Waals surface area contributed by atoms with E-state index >= 15 is 0 Å². The normalized spacial score (nSPS) is 28.3. The third-order valence-electron chi connectivity index (χ3n) is 4.17. The number of hydrogen-bond acceptors (Lipinski definition) is 2. The first-order chi connectivity index (χ1) is 8.58. The van der Waals surface area contributed by atoms with Crippen LogP contribution < -0.4 is 5.73 Å². The first-order valence-electron chi connectivity index (χ1n) is 6.72. The van der Waals surface area contributed by atoms with Gasteiger partial charge in [-0.05, 0) is 43.2 Å². The Hall–Kier alpha value is -0.540. The molecule has 0 amide bonds. The van der Waals surface area contributed by atoms with Crippen molar-refractivity contribution in [1.29, 1.82) is 0 Å². The molecule has 2 nitrogen and oxygen atoms in total. The lowest BCUT2D eigenvalue weighted by Crippen LogP contribution is -2.26. The number of ether oxygens (including phenoxy) is 1. The fraction of sp³-hybridized carbons (Fsp3) is 0.600. The van der Waals surface area contributed by atoms with Crippen LogP contribution >= 0.6 is 15.9 Å². The maximum Gasteiger partial charge on any atom is 0.0751 e. The maximum absolute atomic E-state index is 6.04. The second kappa shape index (κ2) is 6.07. The molecule has 1 aromatic carbocycles. The fourth-order valence-electron chi connectivity index (χ4n) is 2.58. The van der Waals surface area contributed by atoms with Gasteiger partial charge in [0.25, 0.3) is 0 Å². The van der Waals surface area contributed by atoms with Crippen LogP contribution in [0.2, 0.25) is 0 Å². The van der Waals surface area contributed by atoms with E-state index in [4.69, 9.17) is 10.5 Å². The predicted molar refractivity (Wildman–Crippen MR) is 79.3 cm³/mol. The third-order valence-corrected chi connectivity index (χ3v) is 4.91. The smallest absolute Gasteiger partial charge is 0.0751 e. The van der Waals surface area contributed by atoms with Gasteiger partial charge in [-0.15, -0.1) is 0 Å². The molecular weight excluding hydrogens is 290 g/mol. The van der Waals surface area contributed by atoms with Gasteiger partial charge in [0.05, 0.1) is 12.7 Å². The molecule has 0 aliphatic heterocycles. The van der Waals surface area contributed by atoms with Crippen molar-refractivity contribution in [1.82, 2.24) is 0 Å². The highest BCUT2D eigenvalue weighted by molar-refractivity contribution is 9.10. The number of anilines is 1. The zero-order valence-electron chi connectivity index (χ0n) is 11.2. The molecule has 0 heterocycles. The molecule has 18 heavy (non-hydrogen) atoms. The number of benzene rings is 1. The lowest BCUT2D eigenvalue weighted by atomic mass is 9.80. The molecule has 1 aliphatic carbocycles. The maximum atomic E-state index is 6.04. The molecule has 1 saturated carbocycles. The van der Waals surface area contributed by atoms with E-state index in [0.717, 1.165) is 27.6 Å². The summed E-state index contributed by atoms with van der Waals surface area (Å²) in [5, 5.41) is 0. The highest BCUT2D eigenvalue weighted by atomic mass is 79.9. The summed E-state index contributed by atoms with van der Waals surface area (Å²) in [4.78, 5) is 0. The van der Waals surface area contributed by atoms with Crippen molar-refractivity contribution in [3.05, 3.63) is 28.2 Å². The van der Waals surface area contributed by atoms with Crippen molar-refractivity contribution >= 4 is 21.6 Å². The molecule has 3 heteroatoms. The summed E-state index contributed by atoms with van der Waals surface area (Å²) in [7, 11) is 0. The van der Waals surface area contributed by atoms with Gasteiger partial charge in [-0.3, -0.25) is 0 Å². The Morgan fingerprint density at radius 1 is 1.28 bits per heavy atom. The summed E-state index contributed by atoms with van der Waals surface area (Å²) in [5.74, 6) is 1.60. The van der Waals surface area contributed by atoms with E-state index < -0.39 is 0 Å². The second-order valence-electron chi connectivity index (χ2n) is 5.51. The predicted octanol–water partition coefficient (Wildman–Crippen LogP) is 4.37. The molecule has 3 unspecified atom stereocenters. The minimum absolute atomic E-state index is 0.391. The summed E-state index contributed by atoms with van der Waals surface area (Å²) in [6.07, 6.45) is 4.02. The van der Waals surface area contributed by atoms with Gasteiger partial charge in [-0.2, -0.15) is 0 Å². The molecule has 3 atom stereocenters. The van der Waals surface area contributed by atoms with E-state index in [1.807, 2.05) is 18.2 Å². The Morgan fingerprint density at radius 3 is 2.72 bits per heavy atom. The van der Waals surface area contributed by atoms with Crippen LogP contribution in [-0.2, 0) is 11.3 Å². The lowest BCUT2D eigenvalue weighted by molar-refractivity contribution is -0.00743. The minimum Gasteiger partial charge on any atom is -0.398 e. The summed E-state index contributed by atoms with van der Waals surface area (Å²) >= 11 is 3.53. The quantitative estimate of drug-likeness (QED) is 0.841. The van der Waals surface area contributed by atoms with Crippen LogP contribution in [0.1, 0.15) is 38.7 Å². The van der Waals surface area contributed by atoms with Crippen LogP contribution in [0.15, 0.2) is 22.7 Å². The Morgan fingerprint density at radius 2 is 2.06 bits per heavy atom. The van der Waals surface area contributed by atoms with Crippen molar-refractivity contribution < 1.29 is 4.74 Å². The molecule has 1 fully saturated rings. The fourth-order valence-corrected chi connectivity index (χ4v) is 3.07. The topological polar surface area (TPSA) is 35.2 Å². The summed E-state index contributed by atoms with van der Waals surface area (Å²) in [6, 6.07) is 5.89. The highest BCUT2D eigenvalue weighted by Gasteiger charge is 2.25. The van der Waals surface area contributed by atoms with E-state index in [0.29, 0.717) is 12.7 Å². The zero-order chi connectivity index (χ0) is 13.1. The third kappa shape index (κ3) is 3.27. The second-order valence-corrected chi connectivity index (χ2v) is 6.36. The number of rotatable bonds is 3. The molecule has 2 N–H and O–H groups in total. The van der Waals surface area contributed by atoms with E-state index in [9.17, 15) is 0 Å². The van der Waals surface area contributed by atoms with Crippen molar-refractivity contribution in [2.75, 3.05) is 5.73 Å². The average Bonchev–Trinajstić information content (AvgIpc) is 2.33. The van der Waals surface area contributed by atoms with E-state index in [1.54, 1.807) is 0 Å². The summed E-state index contributed by atoms with van der Waals surface area (Å²) in [6.45, 7) is 5.28. The SMILES string of the molecule is CC1CCC(OCc2c(N)cccc2Br)CC1C. The molecule has 0 radical (unpaired) electrons. The molecule has 1 aromatic rings. The van der Waals surface area contributed by atoms with Gasteiger partial charge in [0.1, 0.15) is 0 Å². The monoisotopic (exact) mass is 311 g/mol. The van der Waals surface area contributed by atoms with Crippen molar-refractivity contribution in [3.8, 4) is 0 Å². The lowest BCUT2D eigenvalue weighted by Gasteiger charge is -2.32. The highest BCUT2D eigenvalue weighted by Crippen LogP contribution is 2.32. The van der Waals surface area contributed by atoms with Gasteiger partial charge in [0.2, 0.25) is 0 Å². The van der Waals surface area contributed by atoms with Gasteiger partial charge in [-0.25, -0.2) is 0 Å². The van der Waals surface area contributed by atoms with Gasteiger partial charge in [0.15, 0.2) is 0 Å². The number of nitrogen functional groups attached to an aromatic ring is 1. The van der Waals surface area contributed by atoms with E-state index in [2.05, 4.69) is 29.8 Å². The van der Waals surface area contributed by atoms with Gasteiger partial charge >= 0.3 is 0 Å². The Balaban J connectivity index is 1.92. The summed E-state index contributed by atoms with van der Waals surface area (Å²) < 4.78 is 7.08. The van der Waals surface area contributed by atoms with Crippen molar-refractivity contribution in [3.63, 3.8) is 0 Å². The molecule has 0 bridgehead atoms. The average molecular weight is 312 g/mol. The van der Waals surface area contributed by atoms with E-state index in [-0.39, 0.29) is 0 Å². The largest absolute Gasteiger partial charge is 0.398 e. The van der Waals surface area contributed by atoms with Gasteiger partial charge in [-0.1, -0.05) is 35.8 Å². The van der Waals surface area contributed by atoms with Crippen LogP contribution in [0.4, 0.5) is 5.69 Å². The Labute approximate surface area is 118 Å². The number of halogens is 1. The number of hydrogen-bond donors (Lipinski definition) is 1. The van der Waals surface area contributed by atoms with Gasteiger partial charge < -0.3 is 10.5 Å². The molecule has 2 rings (SSSR count). The Bertz CT molecular complexity index is 387. The zero-order valence-corrected chi connectivity index (χ0v) is 12.7. The first kappa shape index (κ1) is 13.9. The first-order valence-corrected chi connectivity index (χ1v) is 7.51. The molecule has 0 aromatic heterocycles. The standard InChI is InChI=1S/C15H22BrNO/c1-10-6-7-12(8-11(10)2)18-9-13-14(16)4-3-5-15(13)17/h3-5,10-12H,6-9,17H2,1-2H3. The summed E-state index contributed by atoms with van der Waals surface area (Å²) in [5.41, 5.74) is 7.86. The van der Waals surface area contributed by atoms with E-state index in [1.165, 1.54) is 19.3 Å². The molecular formula is C15H22BrNO. The molecule has 100 valence electrons. The van der Waals surface area contributed by atoms with Crippen LogP contribution in [-0.4, -0.2) is 6.10 Å². The van der Waals surface area contributed by atoms with Gasteiger partial charge in [0, 0.05) is 15.7 Å². The Kier molecular flexibility index (Phi) is 4.68. The van der Waals surface area contributed by atoms with Crippen LogP contribution in [0, 0.1) is 11.8 Å².